The van der Waals surface area contributed by atoms with Crippen molar-refractivity contribution in [2.24, 2.45) is 0 Å². The molecule has 0 fully saturated rings. The smallest absolute Gasteiger partial charge is 0.0861 e. The normalized spacial score (nSPS) is 10.3. The van der Waals surface area contributed by atoms with Crippen LogP contribution in [0.3, 0.4) is 0 Å². The second-order valence-corrected chi connectivity index (χ2v) is 5.17. The second kappa shape index (κ2) is 5.61. The van der Waals surface area contributed by atoms with Gasteiger partial charge in [0.1, 0.15) is 0 Å². The average molecular weight is 254 g/mol. The quantitative estimate of drug-likeness (QED) is 0.801. The van der Waals surface area contributed by atoms with Crippen molar-refractivity contribution in [2.75, 3.05) is 0 Å². The van der Waals surface area contributed by atoms with Crippen LogP contribution in [0.2, 0.25) is 0 Å². The Balaban J connectivity index is 2.54. The Kier molecular flexibility index (Phi) is 3.90. The number of hydrogen-bond acceptors (Lipinski definition) is 1. The first-order valence-corrected chi connectivity index (χ1v) is 6.77. The summed E-state index contributed by atoms with van der Waals surface area (Å²) < 4.78 is 12.6. The van der Waals surface area contributed by atoms with Crippen LogP contribution in [0.1, 0.15) is 11.1 Å². The van der Waals surface area contributed by atoms with Gasteiger partial charge < -0.3 is 0 Å². The van der Waals surface area contributed by atoms with Gasteiger partial charge >= 0.3 is 0 Å². The fraction of sp³-hybridized carbons (Fsp3) is 0. The molecule has 2 aromatic carbocycles. The van der Waals surface area contributed by atoms with Crippen molar-refractivity contribution in [1.82, 2.24) is 0 Å². The van der Waals surface area contributed by atoms with Gasteiger partial charge in [0.05, 0.1) is 20.6 Å². The van der Waals surface area contributed by atoms with E-state index in [-0.39, 0.29) is 0 Å². The molecule has 90 valence electrons. The maximum absolute atomic E-state index is 12.6. The molecule has 2 rings (SSSR count). The van der Waals surface area contributed by atoms with Crippen LogP contribution in [-0.4, -0.2) is 4.21 Å². The SMILES string of the molecule is C=Cc1ccccc1S(=O)c1ccccc1C=C. The maximum atomic E-state index is 12.6. The summed E-state index contributed by atoms with van der Waals surface area (Å²) in [4.78, 5) is 1.56. The van der Waals surface area contributed by atoms with Gasteiger partial charge in [0.25, 0.3) is 0 Å². The largest absolute Gasteiger partial charge is 0.249 e. The third kappa shape index (κ3) is 2.34. The number of hydrogen-bond donors (Lipinski definition) is 0. The van der Waals surface area contributed by atoms with E-state index in [2.05, 4.69) is 13.2 Å². The number of rotatable bonds is 4. The minimum Gasteiger partial charge on any atom is -0.249 e. The third-order valence-electron chi connectivity index (χ3n) is 2.68. The van der Waals surface area contributed by atoms with Crippen molar-refractivity contribution in [3.63, 3.8) is 0 Å². The van der Waals surface area contributed by atoms with E-state index in [9.17, 15) is 4.21 Å². The molecule has 0 aliphatic heterocycles. The Morgan fingerprint density at radius 2 is 1.17 bits per heavy atom. The summed E-state index contributed by atoms with van der Waals surface area (Å²) in [5.74, 6) is 0. The summed E-state index contributed by atoms with van der Waals surface area (Å²) in [6.07, 6.45) is 3.45. The minimum atomic E-state index is -1.21. The molecular formula is C16H14OS. The van der Waals surface area contributed by atoms with E-state index in [0.29, 0.717) is 0 Å². The lowest BCUT2D eigenvalue weighted by atomic mass is 10.2. The van der Waals surface area contributed by atoms with Gasteiger partial charge in [-0.3, -0.25) is 0 Å². The fourth-order valence-corrected chi connectivity index (χ4v) is 3.13. The van der Waals surface area contributed by atoms with Crippen molar-refractivity contribution < 1.29 is 4.21 Å². The van der Waals surface area contributed by atoms with Crippen LogP contribution in [0.5, 0.6) is 0 Å². The molecular weight excluding hydrogens is 240 g/mol. The van der Waals surface area contributed by atoms with Crippen LogP contribution in [0, 0.1) is 0 Å². The topological polar surface area (TPSA) is 17.1 Å². The molecule has 0 aromatic heterocycles. The Morgan fingerprint density at radius 1 is 0.778 bits per heavy atom. The van der Waals surface area contributed by atoms with Gasteiger partial charge in [0, 0.05) is 0 Å². The van der Waals surface area contributed by atoms with Gasteiger partial charge in [-0.05, 0) is 23.3 Å². The van der Waals surface area contributed by atoms with E-state index in [1.807, 2.05) is 48.5 Å². The Hall–Kier alpha value is -1.93. The molecule has 0 N–H and O–H groups in total. The zero-order chi connectivity index (χ0) is 13.0. The van der Waals surface area contributed by atoms with Crippen molar-refractivity contribution in [2.45, 2.75) is 9.79 Å². The average Bonchev–Trinajstić information content (AvgIpc) is 2.46. The highest BCUT2D eigenvalue weighted by atomic mass is 32.2. The lowest BCUT2D eigenvalue weighted by Crippen LogP contribution is -1.97. The molecule has 0 amide bonds. The predicted octanol–water partition coefficient (Wildman–Crippen LogP) is 4.14. The molecule has 0 unspecified atom stereocenters. The minimum absolute atomic E-state index is 0.779. The molecule has 0 aliphatic carbocycles. The molecule has 0 heterocycles. The van der Waals surface area contributed by atoms with Gasteiger partial charge in [-0.2, -0.15) is 0 Å². The van der Waals surface area contributed by atoms with Crippen LogP contribution in [0.4, 0.5) is 0 Å². The van der Waals surface area contributed by atoms with Crippen molar-refractivity contribution in [3.05, 3.63) is 72.8 Å². The van der Waals surface area contributed by atoms with E-state index in [1.54, 1.807) is 12.2 Å². The first-order valence-electron chi connectivity index (χ1n) is 5.62. The molecule has 0 spiro atoms. The van der Waals surface area contributed by atoms with Gasteiger partial charge in [0.2, 0.25) is 0 Å². The summed E-state index contributed by atoms with van der Waals surface area (Å²) in [7, 11) is -1.21. The van der Waals surface area contributed by atoms with Crippen LogP contribution >= 0.6 is 0 Å². The van der Waals surface area contributed by atoms with Gasteiger partial charge in [-0.25, -0.2) is 4.21 Å². The lowest BCUT2D eigenvalue weighted by molar-refractivity contribution is 0.683. The first kappa shape index (κ1) is 12.5. The van der Waals surface area contributed by atoms with E-state index in [1.165, 1.54) is 0 Å². The number of benzene rings is 2. The molecule has 0 saturated heterocycles. The van der Waals surface area contributed by atoms with E-state index in [4.69, 9.17) is 0 Å². The third-order valence-corrected chi connectivity index (χ3v) is 4.22. The monoisotopic (exact) mass is 254 g/mol. The maximum Gasteiger partial charge on any atom is 0.0861 e. The van der Waals surface area contributed by atoms with Crippen molar-refractivity contribution in [1.29, 1.82) is 0 Å². The summed E-state index contributed by atoms with van der Waals surface area (Å²) in [5, 5.41) is 0. The van der Waals surface area contributed by atoms with Crippen LogP contribution in [0.15, 0.2) is 71.5 Å². The highest BCUT2D eigenvalue weighted by Gasteiger charge is 2.12. The Morgan fingerprint density at radius 3 is 1.56 bits per heavy atom. The Bertz CT molecular complexity index is 560. The van der Waals surface area contributed by atoms with Gasteiger partial charge in [-0.15, -0.1) is 0 Å². The summed E-state index contributed by atoms with van der Waals surface area (Å²) in [6.45, 7) is 7.51. The fourth-order valence-electron chi connectivity index (χ4n) is 1.75. The highest BCUT2D eigenvalue weighted by molar-refractivity contribution is 7.85. The standard InChI is InChI=1S/C16H14OS/c1-3-13-9-5-7-11-15(13)18(17)16-12-8-6-10-14(16)4-2/h3-12H,1-2H2. The lowest BCUT2D eigenvalue weighted by Gasteiger charge is -2.08. The molecule has 0 atom stereocenters. The molecule has 0 bridgehead atoms. The van der Waals surface area contributed by atoms with E-state index >= 15 is 0 Å². The zero-order valence-electron chi connectivity index (χ0n) is 10.0. The van der Waals surface area contributed by atoms with Gasteiger partial charge in [-0.1, -0.05) is 61.7 Å². The van der Waals surface area contributed by atoms with Gasteiger partial charge in [0.15, 0.2) is 0 Å². The van der Waals surface area contributed by atoms with Crippen LogP contribution < -0.4 is 0 Å². The molecule has 1 nitrogen and oxygen atoms in total. The molecule has 2 aromatic rings. The highest BCUT2D eigenvalue weighted by Crippen LogP contribution is 2.24. The molecule has 0 saturated carbocycles. The van der Waals surface area contributed by atoms with Crippen LogP contribution in [0.25, 0.3) is 12.2 Å². The van der Waals surface area contributed by atoms with E-state index < -0.39 is 10.8 Å². The molecule has 2 heteroatoms. The van der Waals surface area contributed by atoms with Crippen LogP contribution in [-0.2, 0) is 10.8 Å². The second-order valence-electron chi connectivity index (χ2n) is 3.75. The Labute approximate surface area is 110 Å². The zero-order valence-corrected chi connectivity index (χ0v) is 10.8. The predicted molar refractivity (Wildman–Crippen MR) is 77.7 cm³/mol. The van der Waals surface area contributed by atoms with Crippen molar-refractivity contribution >= 4 is 23.0 Å². The molecule has 18 heavy (non-hydrogen) atoms. The first-order chi connectivity index (χ1) is 8.77. The van der Waals surface area contributed by atoms with E-state index in [0.717, 1.165) is 20.9 Å². The summed E-state index contributed by atoms with van der Waals surface area (Å²) in [5.41, 5.74) is 1.80. The van der Waals surface area contributed by atoms with Crippen molar-refractivity contribution in [3.8, 4) is 0 Å². The molecule has 0 radical (unpaired) electrons. The molecule has 0 aliphatic rings. The summed E-state index contributed by atoms with van der Waals surface area (Å²) in [6, 6.07) is 15.2. The summed E-state index contributed by atoms with van der Waals surface area (Å²) >= 11 is 0.